The number of amidine groups is 1. The number of rotatable bonds is 6. The van der Waals surface area contributed by atoms with E-state index in [-0.39, 0.29) is 0 Å². The van der Waals surface area contributed by atoms with Crippen LogP contribution in [0.1, 0.15) is 43.1 Å². The van der Waals surface area contributed by atoms with Crippen molar-refractivity contribution in [1.29, 1.82) is 0 Å². The number of nitrogens with zero attached hydrogens (tertiary/aromatic N) is 6. The van der Waals surface area contributed by atoms with Crippen molar-refractivity contribution in [3.63, 3.8) is 0 Å². The number of ether oxygens (including phenoxy) is 1. The van der Waals surface area contributed by atoms with Crippen LogP contribution in [0, 0.1) is 6.92 Å². The number of hydrogen-bond donors (Lipinski definition) is 1. The van der Waals surface area contributed by atoms with Gasteiger partial charge in [0.15, 0.2) is 17.9 Å². The molecule has 1 unspecified atom stereocenters. The van der Waals surface area contributed by atoms with Crippen LogP contribution in [0.2, 0.25) is 0 Å². The van der Waals surface area contributed by atoms with Crippen LogP contribution < -0.4 is 0 Å². The Morgan fingerprint density at radius 1 is 1.31 bits per heavy atom. The summed E-state index contributed by atoms with van der Waals surface area (Å²) in [6, 6.07) is 2.31. The van der Waals surface area contributed by atoms with Gasteiger partial charge in [-0.3, -0.25) is 4.68 Å². The van der Waals surface area contributed by atoms with Gasteiger partial charge in [-0.05, 0) is 32.4 Å². The molecule has 0 aromatic carbocycles. The molecule has 0 aliphatic carbocycles. The highest BCUT2D eigenvalue weighted by molar-refractivity contribution is 7.19. The number of aliphatic hydroxyl groups is 1. The van der Waals surface area contributed by atoms with Crippen LogP contribution in [0.3, 0.4) is 0 Å². The molecule has 0 bridgehead atoms. The first kappa shape index (κ1) is 19.8. The van der Waals surface area contributed by atoms with Gasteiger partial charge in [-0.1, -0.05) is 0 Å². The van der Waals surface area contributed by atoms with E-state index < -0.39 is 6.23 Å². The topological polar surface area (TPSA) is 80.7 Å². The average molecular weight is 415 g/mol. The molecule has 9 heteroatoms. The molecule has 0 fully saturated rings. The fourth-order valence-electron chi connectivity index (χ4n) is 3.50. The van der Waals surface area contributed by atoms with Crippen molar-refractivity contribution in [2.45, 2.75) is 33.0 Å². The molecule has 3 aromatic rings. The predicted molar refractivity (Wildman–Crippen MR) is 114 cm³/mol. The summed E-state index contributed by atoms with van der Waals surface area (Å²) in [5.41, 5.74) is 2.75. The Morgan fingerprint density at radius 2 is 2.10 bits per heavy atom. The third kappa shape index (κ3) is 3.39. The zero-order chi connectivity index (χ0) is 20.7. The zero-order valence-corrected chi connectivity index (χ0v) is 18.1. The highest BCUT2D eigenvalue weighted by atomic mass is 32.1. The number of hydrogen-bond acceptors (Lipinski definition) is 7. The molecule has 1 aliphatic heterocycles. The van der Waals surface area contributed by atoms with Crippen LogP contribution in [-0.4, -0.2) is 55.4 Å². The van der Waals surface area contributed by atoms with Crippen molar-refractivity contribution in [2.24, 2.45) is 12.0 Å². The first-order valence-corrected chi connectivity index (χ1v) is 10.4. The highest BCUT2D eigenvalue weighted by Crippen LogP contribution is 2.47. The van der Waals surface area contributed by atoms with Crippen molar-refractivity contribution in [1.82, 2.24) is 24.2 Å². The smallest absolute Gasteiger partial charge is 0.176 e. The van der Waals surface area contributed by atoms with Gasteiger partial charge in [0.25, 0.3) is 0 Å². The predicted octanol–water partition coefficient (Wildman–Crippen LogP) is 3.27. The fraction of sp³-hybridized carbons (Fsp3) is 0.450. The molecule has 1 aliphatic rings. The van der Waals surface area contributed by atoms with Crippen LogP contribution in [-0.2, 0) is 11.8 Å². The Hall–Kier alpha value is -2.49. The summed E-state index contributed by atoms with van der Waals surface area (Å²) in [5.74, 6) is 1.36. The first-order chi connectivity index (χ1) is 13.9. The normalized spacial score (nSPS) is 16.4. The van der Waals surface area contributed by atoms with Gasteiger partial charge in [-0.2, -0.15) is 5.10 Å². The summed E-state index contributed by atoms with van der Waals surface area (Å²) in [6.45, 7) is 7.21. The minimum atomic E-state index is -0.818. The maximum atomic E-state index is 11.3. The summed E-state index contributed by atoms with van der Waals surface area (Å²) in [7, 11) is 3.57. The van der Waals surface area contributed by atoms with Crippen molar-refractivity contribution in [2.75, 3.05) is 20.3 Å². The minimum absolute atomic E-state index is 0.293. The lowest BCUT2D eigenvalue weighted by molar-refractivity contribution is 0.0344. The first-order valence-electron chi connectivity index (χ1n) is 9.61. The maximum Gasteiger partial charge on any atom is 0.176 e. The Bertz CT molecular complexity index is 1050. The number of fused-ring (bicyclic) bond motifs is 1. The second kappa shape index (κ2) is 7.74. The second-order valence-electron chi connectivity index (χ2n) is 7.41. The van der Waals surface area contributed by atoms with E-state index in [1.165, 1.54) is 0 Å². The summed E-state index contributed by atoms with van der Waals surface area (Å²) in [5, 5.41) is 16.8. The van der Waals surface area contributed by atoms with Crippen LogP contribution in [0.25, 0.3) is 10.6 Å². The molecule has 0 radical (unpaired) electrons. The third-order valence-corrected chi connectivity index (χ3v) is 6.36. The van der Waals surface area contributed by atoms with E-state index in [0.717, 1.165) is 26.7 Å². The molecule has 0 saturated heterocycles. The van der Waals surface area contributed by atoms with Crippen molar-refractivity contribution in [3.8, 4) is 10.6 Å². The summed E-state index contributed by atoms with van der Waals surface area (Å²) in [4.78, 5) is 12.2. The lowest BCUT2D eigenvalue weighted by Gasteiger charge is -2.33. The number of methoxy groups -OCH3 is 1. The molecular weight excluding hydrogens is 388 g/mol. The minimum Gasteiger partial charge on any atom is -0.383 e. The largest absolute Gasteiger partial charge is 0.383 e. The number of aromatic nitrogens is 4. The van der Waals surface area contributed by atoms with Gasteiger partial charge in [0.2, 0.25) is 0 Å². The van der Waals surface area contributed by atoms with E-state index in [4.69, 9.17) is 14.8 Å². The van der Waals surface area contributed by atoms with Gasteiger partial charge in [-0.25, -0.2) is 9.98 Å². The van der Waals surface area contributed by atoms with Gasteiger partial charge in [-0.15, -0.1) is 11.3 Å². The average Bonchev–Trinajstić information content (AvgIpc) is 3.39. The lowest BCUT2D eigenvalue weighted by atomic mass is 10.1. The number of thiophene rings is 1. The molecule has 3 aromatic heterocycles. The Morgan fingerprint density at radius 3 is 2.72 bits per heavy atom. The van der Waals surface area contributed by atoms with E-state index in [0.29, 0.717) is 30.9 Å². The monoisotopic (exact) mass is 414 g/mol. The van der Waals surface area contributed by atoms with Gasteiger partial charge in [0.1, 0.15) is 10.7 Å². The standard InChI is InChI=1S/C20H26N6O2S/c1-12(2)26-8-6-14(23-26)16-13(3)15-19(29-16)22-18(17-21-7-9-24(17)4)25(20(15)27)10-11-28-5/h6-9,12,20,27H,10-11H2,1-5H3. The number of aliphatic hydroxyl groups excluding tert-OH is 1. The molecule has 0 saturated carbocycles. The maximum absolute atomic E-state index is 11.3. The van der Waals surface area contributed by atoms with Gasteiger partial charge >= 0.3 is 0 Å². The molecule has 8 nitrogen and oxygen atoms in total. The van der Waals surface area contributed by atoms with Crippen molar-refractivity contribution >= 4 is 22.2 Å². The number of aryl methyl sites for hydroxylation is 1. The van der Waals surface area contributed by atoms with Gasteiger partial charge in [0, 0.05) is 50.9 Å². The van der Waals surface area contributed by atoms with Gasteiger partial charge < -0.3 is 19.3 Å². The number of aliphatic imine (C=N–C) groups is 1. The van der Waals surface area contributed by atoms with E-state index in [2.05, 4.69) is 18.8 Å². The summed E-state index contributed by atoms with van der Waals surface area (Å²) < 4.78 is 9.11. The van der Waals surface area contributed by atoms with Crippen LogP contribution in [0.4, 0.5) is 5.00 Å². The zero-order valence-electron chi connectivity index (χ0n) is 17.3. The summed E-state index contributed by atoms with van der Waals surface area (Å²) in [6.07, 6.45) is 4.78. The summed E-state index contributed by atoms with van der Waals surface area (Å²) >= 11 is 1.56. The molecule has 4 heterocycles. The molecule has 0 spiro atoms. The molecule has 29 heavy (non-hydrogen) atoms. The molecule has 4 rings (SSSR count). The quantitative estimate of drug-likeness (QED) is 0.670. The van der Waals surface area contributed by atoms with E-state index in [1.807, 2.05) is 46.6 Å². The van der Waals surface area contributed by atoms with E-state index >= 15 is 0 Å². The van der Waals surface area contributed by atoms with Gasteiger partial charge in [0.05, 0.1) is 11.5 Å². The SMILES string of the molecule is COCCN1C(c2nccn2C)=Nc2sc(-c3ccn(C(C)C)n3)c(C)c2C1O. The molecule has 1 atom stereocenters. The van der Waals surface area contributed by atoms with Crippen molar-refractivity contribution in [3.05, 3.63) is 41.6 Å². The van der Waals surface area contributed by atoms with Crippen LogP contribution in [0.5, 0.6) is 0 Å². The second-order valence-corrected chi connectivity index (χ2v) is 8.41. The van der Waals surface area contributed by atoms with E-state index in [9.17, 15) is 5.11 Å². The highest BCUT2D eigenvalue weighted by Gasteiger charge is 2.35. The molecular formula is C20H26N6O2S. The lowest BCUT2D eigenvalue weighted by Crippen LogP contribution is -2.41. The Kier molecular flexibility index (Phi) is 5.28. The molecule has 154 valence electrons. The van der Waals surface area contributed by atoms with Crippen molar-refractivity contribution < 1.29 is 9.84 Å². The van der Waals surface area contributed by atoms with E-state index in [1.54, 1.807) is 24.6 Å². The fourth-order valence-corrected chi connectivity index (χ4v) is 4.67. The molecule has 0 amide bonds. The Balaban J connectivity index is 1.82. The third-order valence-electron chi connectivity index (χ3n) is 5.13. The van der Waals surface area contributed by atoms with Crippen LogP contribution in [0.15, 0.2) is 29.6 Å². The Labute approximate surface area is 174 Å². The molecule has 1 N–H and O–H groups in total. The number of imidazole rings is 1. The van der Waals surface area contributed by atoms with Crippen LogP contribution >= 0.6 is 11.3 Å².